The smallest absolute Gasteiger partial charge is 0.346 e. The standard InChI is InChI=1S/C22H21ClN2O6/c1-4-30-18-12-14(11-17(23)19(18)31-13(2)22(28)29-3)10-16-20(26)24-25(21(16)27)15-8-6-5-7-9-15/h5-13H,4H2,1-3H3,(H,24,26)/b16-10-/t13-/m1/s1. The maximum absolute atomic E-state index is 12.8. The van der Waals surface area contributed by atoms with Crippen LogP contribution in [0.1, 0.15) is 19.4 Å². The molecule has 8 nitrogen and oxygen atoms in total. The van der Waals surface area contributed by atoms with Crippen molar-refractivity contribution >= 4 is 41.1 Å². The van der Waals surface area contributed by atoms with Crippen molar-refractivity contribution in [1.29, 1.82) is 0 Å². The normalized spacial score (nSPS) is 15.6. The Morgan fingerprint density at radius 2 is 1.94 bits per heavy atom. The number of anilines is 1. The molecule has 2 aromatic carbocycles. The number of para-hydroxylation sites is 1. The highest BCUT2D eigenvalue weighted by molar-refractivity contribution is 6.33. The second-order valence-electron chi connectivity index (χ2n) is 6.52. The van der Waals surface area contributed by atoms with Gasteiger partial charge in [-0.15, -0.1) is 0 Å². The van der Waals surface area contributed by atoms with E-state index in [1.807, 2.05) is 6.07 Å². The SMILES string of the molecule is CCOc1cc(/C=C2/C(=O)NN(c3ccccc3)C2=O)cc(Cl)c1O[C@H](C)C(=O)OC. The lowest BCUT2D eigenvalue weighted by atomic mass is 10.1. The Labute approximate surface area is 184 Å². The number of amides is 2. The maximum Gasteiger partial charge on any atom is 0.346 e. The van der Waals surface area contributed by atoms with Gasteiger partial charge in [-0.1, -0.05) is 29.8 Å². The van der Waals surface area contributed by atoms with E-state index in [9.17, 15) is 14.4 Å². The van der Waals surface area contributed by atoms with Crippen LogP contribution in [-0.4, -0.2) is 37.6 Å². The summed E-state index contributed by atoms with van der Waals surface area (Å²) in [5.41, 5.74) is 3.48. The number of ether oxygens (including phenoxy) is 3. The molecule has 9 heteroatoms. The first kappa shape index (κ1) is 22.2. The van der Waals surface area contributed by atoms with E-state index >= 15 is 0 Å². The summed E-state index contributed by atoms with van der Waals surface area (Å²) < 4.78 is 15.9. The van der Waals surface area contributed by atoms with E-state index in [-0.39, 0.29) is 22.1 Å². The molecule has 1 aliphatic rings. The third kappa shape index (κ3) is 4.80. The van der Waals surface area contributed by atoms with Crippen LogP contribution in [-0.2, 0) is 19.1 Å². The molecular formula is C22H21ClN2O6. The summed E-state index contributed by atoms with van der Waals surface area (Å²) in [6.45, 7) is 3.60. The molecule has 1 heterocycles. The van der Waals surface area contributed by atoms with E-state index in [1.54, 1.807) is 37.3 Å². The molecule has 0 aliphatic carbocycles. The number of hydrazine groups is 1. The van der Waals surface area contributed by atoms with Crippen molar-refractivity contribution in [2.45, 2.75) is 20.0 Å². The first-order chi connectivity index (χ1) is 14.8. The fourth-order valence-corrected chi connectivity index (χ4v) is 3.19. The number of methoxy groups -OCH3 is 1. The Bertz CT molecular complexity index is 1040. The minimum absolute atomic E-state index is 0.0565. The molecular weight excluding hydrogens is 424 g/mol. The summed E-state index contributed by atoms with van der Waals surface area (Å²) in [7, 11) is 1.25. The van der Waals surface area contributed by atoms with Crippen LogP contribution >= 0.6 is 11.6 Å². The molecule has 31 heavy (non-hydrogen) atoms. The quantitative estimate of drug-likeness (QED) is 0.400. The van der Waals surface area contributed by atoms with Crippen molar-refractivity contribution in [1.82, 2.24) is 5.43 Å². The Hall–Kier alpha value is -3.52. The van der Waals surface area contributed by atoms with E-state index in [1.165, 1.54) is 31.2 Å². The molecule has 1 fully saturated rings. The molecule has 1 N–H and O–H groups in total. The average molecular weight is 445 g/mol. The van der Waals surface area contributed by atoms with Crippen LogP contribution < -0.4 is 19.9 Å². The fourth-order valence-electron chi connectivity index (χ4n) is 2.92. The Kier molecular flexibility index (Phi) is 6.81. The number of nitrogens with one attached hydrogen (secondary N) is 1. The Balaban J connectivity index is 1.94. The zero-order valence-electron chi connectivity index (χ0n) is 17.2. The lowest BCUT2D eigenvalue weighted by Crippen LogP contribution is -2.35. The summed E-state index contributed by atoms with van der Waals surface area (Å²) >= 11 is 6.36. The number of rotatable bonds is 7. The van der Waals surface area contributed by atoms with E-state index in [0.717, 1.165) is 0 Å². The van der Waals surface area contributed by atoms with Crippen LogP contribution in [0.4, 0.5) is 5.69 Å². The van der Waals surface area contributed by atoms with Crippen molar-refractivity contribution in [3.63, 3.8) is 0 Å². The number of esters is 1. The summed E-state index contributed by atoms with van der Waals surface area (Å²) in [5.74, 6) is -1.17. The van der Waals surface area contributed by atoms with Gasteiger partial charge in [0.05, 0.1) is 24.4 Å². The molecule has 0 bridgehead atoms. The van der Waals surface area contributed by atoms with Crippen molar-refractivity contribution in [3.05, 3.63) is 58.6 Å². The van der Waals surface area contributed by atoms with Crippen LogP contribution in [0.25, 0.3) is 6.08 Å². The third-order valence-corrected chi connectivity index (χ3v) is 4.66. The molecule has 1 atom stereocenters. The first-order valence-electron chi connectivity index (χ1n) is 9.48. The van der Waals surface area contributed by atoms with Gasteiger partial charge in [-0.3, -0.25) is 15.0 Å². The van der Waals surface area contributed by atoms with E-state index in [2.05, 4.69) is 10.2 Å². The predicted octanol–water partition coefficient (Wildman–Crippen LogP) is 3.14. The highest BCUT2D eigenvalue weighted by Gasteiger charge is 2.34. The Morgan fingerprint density at radius 1 is 1.23 bits per heavy atom. The largest absolute Gasteiger partial charge is 0.490 e. The lowest BCUT2D eigenvalue weighted by molar-refractivity contribution is -0.148. The summed E-state index contributed by atoms with van der Waals surface area (Å²) in [5, 5.41) is 1.33. The number of hydrogen-bond donors (Lipinski definition) is 1. The molecule has 0 unspecified atom stereocenters. The topological polar surface area (TPSA) is 94.2 Å². The van der Waals surface area contributed by atoms with Crippen molar-refractivity contribution in [2.75, 3.05) is 18.7 Å². The predicted molar refractivity (Wildman–Crippen MR) is 115 cm³/mol. The van der Waals surface area contributed by atoms with Gasteiger partial charge in [-0.2, -0.15) is 0 Å². The van der Waals surface area contributed by atoms with Gasteiger partial charge in [0.2, 0.25) is 0 Å². The number of halogens is 1. The van der Waals surface area contributed by atoms with Gasteiger partial charge in [-0.05, 0) is 49.8 Å². The van der Waals surface area contributed by atoms with Crippen molar-refractivity contribution < 1.29 is 28.6 Å². The van der Waals surface area contributed by atoms with Crippen LogP contribution in [0.15, 0.2) is 48.0 Å². The molecule has 2 aromatic rings. The minimum Gasteiger partial charge on any atom is -0.490 e. The lowest BCUT2D eigenvalue weighted by Gasteiger charge is -2.17. The molecule has 0 spiro atoms. The third-order valence-electron chi connectivity index (χ3n) is 4.38. The van der Waals surface area contributed by atoms with Crippen molar-refractivity contribution in [2.24, 2.45) is 0 Å². The highest BCUT2D eigenvalue weighted by Crippen LogP contribution is 2.38. The van der Waals surface area contributed by atoms with Gasteiger partial charge < -0.3 is 14.2 Å². The van der Waals surface area contributed by atoms with E-state index in [4.69, 9.17) is 21.1 Å². The molecule has 1 saturated heterocycles. The molecule has 3 rings (SSSR count). The zero-order chi connectivity index (χ0) is 22.5. The summed E-state index contributed by atoms with van der Waals surface area (Å²) in [4.78, 5) is 36.9. The van der Waals surface area contributed by atoms with E-state index in [0.29, 0.717) is 17.9 Å². The molecule has 1 aliphatic heterocycles. The van der Waals surface area contributed by atoms with Gasteiger partial charge >= 0.3 is 5.97 Å². The fraction of sp³-hybridized carbons (Fsp3) is 0.227. The second kappa shape index (κ2) is 9.53. The molecule has 2 amide bonds. The number of nitrogens with zero attached hydrogens (tertiary/aromatic N) is 1. The second-order valence-corrected chi connectivity index (χ2v) is 6.93. The van der Waals surface area contributed by atoms with Gasteiger partial charge in [0.15, 0.2) is 17.6 Å². The number of carbonyl (C=O) groups excluding carboxylic acids is 3. The van der Waals surface area contributed by atoms with Crippen LogP contribution in [0.5, 0.6) is 11.5 Å². The maximum atomic E-state index is 12.8. The van der Waals surface area contributed by atoms with E-state index < -0.39 is 23.9 Å². The summed E-state index contributed by atoms with van der Waals surface area (Å²) in [6, 6.07) is 11.8. The Morgan fingerprint density at radius 3 is 2.58 bits per heavy atom. The number of benzene rings is 2. The van der Waals surface area contributed by atoms with Crippen LogP contribution in [0.3, 0.4) is 0 Å². The highest BCUT2D eigenvalue weighted by atomic mass is 35.5. The first-order valence-corrected chi connectivity index (χ1v) is 9.86. The molecule has 0 radical (unpaired) electrons. The monoisotopic (exact) mass is 444 g/mol. The molecule has 0 aromatic heterocycles. The minimum atomic E-state index is -0.910. The van der Waals surface area contributed by atoms with Crippen LogP contribution in [0, 0.1) is 0 Å². The molecule has 162 valence electrons. The van der Waals surface area contributed by atoms with Gasteiger partial charge in [-0.25, -0.2) is 9.80 Å². The van der Waals surface area contributed by atoms with Crippen molar-refractivity contribution in [3.8, 4) is 11.5 Å². The average Bonchev–Trinajstić information content (AvgIpc) is 3.04. The zero-order valence-corrected chi connectivity index (χ0v) is 17.9. The number of carbonyl (C=O) groups is 3. The van der Waals surface area contributed by atoms with Gasteiger partial charge in [0.25, 0.3) is 11.8 Å². The summed E-state index contributed by atoms with van der Waals surface area (Å²) in [6.07, 6.45) is 0.509. The number of hydrogen-bond acceptors (Lipinski definition) is 6. The van der Waals surface area contributed by atoms with Gasteiger partial charge in [0.1, 0.15) is 5.57 Å². The van der Waals surface area contributed by atoms with Crippen LogP contribution in [0.2, 0.25) is 5.02 Å². The van der Waals surface area contributed by atoms with Gasteiger partial charge in [0, 0.05) is 0 Å². The molecule has 0 saturated carbocycles.